The Morgan fingerprint density at radius 2 is 1.57 bits per heavy atom. The number of aryl methyl sites for hydroxylation is 1. The third kappa shape index (κ3) is 6.34. The topological polar surface area (TPSA) is 116 Å². The molecule has 1 fully saturated rings. The standard InChI is InChI=1S/C30H34N6O3S/c1-20-11-17-25(18-12-20)40(38,39)35-24-8-6-7-21(19-24)29(37)31-22-13-15-23(16-14-22)32-30-33-27-10-5-4-9-26(27)28(34-30)36(2)3/h4-12,17-19,22-23,35H,13-16H2,1-3H3,(H,31,37)(H,32,33,34). The van der Waals surface area contributed by atoms with Gasteiger partial charge < -0.3 is 15.5 Å². The van der Waals surface area contributed by atoms with Gasteiger partial charge in [-0.3, -0.25) is 9.52 Å². The van der Waals surface area contributed by atoms with Crippen molar-refractivity contribution in [1.29, 1.82) is 0 Å². The lowest BCUT2D eigenvalue weighted by atomic mass is 9.91. The van der Waals surface area contributed by atoms with E-state index in [0.717, 1.165) is 48.0 Å². The molecule has 0 saturated heterocycles. The number of nitrogens with zero attached hydrogens (tertiary/aromatic N) is 3. The Morgan fingerprint density at radius 3 is 2.30 bits per heavy atom. The number of sulfonamides is 1. The van der Waals surface area contributed by atoms with Crippen molar-refractivity contribution >= 4 is 44.3 Å². The van der Waals surface area contributed by atoms with Gasteiger partial charge in [0.15, 0.2) is 0 Å². The Hall–Kier alpha value is -4.18. The van der Waals surface area contributed by atoms with Crippen LogP contribution in [-0.2, 0) is 10.0 Å². The molecule has 4 aromatic rings. The van der Waals surface area contributed by atoms with Crippen LogP contribution in [0.3, 0.4) is 0 Å². The van der Waals surface area contributed by atoms with Crippen LogP contribution in [0, 0.1) is 6.92 Å². The van der Waals surface area contributed by atoms with Crippen molar-refractivity contribution in [3.8, 4) is 0 Å². The molecule has 0 spiro atoms. The lowest BCUT2D eigenvalue weighted by Gasteiger charge is -2.30. The second-order valence-electron chi connectivity index (χ2n) is 10.4. The van der Waals surface area contributed by atoms with E-state index in [1.165, 1.54) is 0 Å². The van der Waals surface area contributed by atoms with Gasteiger partial charge in [-0.05, 0) is 75.1 Å². The van der Waals surface area contributed by atoms with Crippen molar-refractivity contribution in [2.24, 2.45) is 0 Å². The van der Waals surface area contributed by atoms with E-state index in [4.69, 9.17) is 9.97 Å². The molecule has 0 atom stereocenters. The molecule has 1 aliphatic carbocycles. The molecular formula is C30H34N6O3S. The summed E-state index contributed by atoms with van der Waals surface area (Å²) in [4.78, 5) is 24.6. The Kier molecular flexibility index (Phi) is 7.88. The van der Waals surface area contributed by atoms with E-state index in [1.54, 1.807) is 48.5 Å². The molecule has 10 heteroatoms. The van der Waals surface area contributed by atoms with Crippen molar-refractivity contribution < 1.29 is 13.2 Å². The van der Waals surface area contributed by atoms with Crippen LogP contribution >= 0.6 is 0 Å². The van der Waals surface area contributed by atoms with E-state index in [-0.39, 0.29) is 22.9 Å². The SMILES string of the molecule is Cc1ccc(S(=O)(=O)Nc2cccc(C(=O)NC3CCC(Nc4nc(N(C)C)c5ccccc5n4)CC3)c2)cc1. The number of aromatic nitrogens is 2. The predicted octanol–water partition coefficient (Wildman–Crippen LogP) is 4.96. The zero-order valence-electron chi connectivity index (χ0n) is 22.9. The molecule has 208 valence electrons. The Labute approximate surface area is 235 Å². The maximum Gasteiger partial charge on any atom is 0.261 e. The molecule has 0 bridgehead atoms. The highest BCUT2D eigenvalue weighted by Crippen LogP contribution is 2.27. The molecule has 1 aliphatic rings. The van der Waals surface area contributed by atoms with E-state index in [0.29, 0.717) is 17.2 Å². The average molecular weight is 559 g/mol. The quantitative estimate of drug-likeness (QED) is 0.280. The van der Waals surface area contributed by atoms with Gasteiger partial charge in [0.1, 0.15) is 5.82 Å². The number of hydrogen-bond donors (Lipinski definition) is 3. The highest BCUT2D eigenvalue weighted by molar-refractivity contribution is 7.92. The maximum absolute atomic E-state index is 13.0. The Balaban J connectivity index is 1.18. The first-order valence-electron chi connectivity index (χ1n) is 13.4. The number of benzene rings is 3. The van der Waals surface area contributed by atoms with Gasteiger partial charge in [-0.2, -0.15) is 4.98 Å². The third-order valence-electron chi connectivity index (χ3n) is 7.11. The van der Waals surface area contributed by atoms with Crippen molar-refractivity contribution in [3.63, 3.8) is 0 Å². The number of fused-ring (bicyclic) bond motifs is 1. The lowest BCUT2D eigenvalue weighted by Crippen LogP contribution is -2.40. The number of nitrogens with one attached hydrogen (secondary N) is 3. The highest BCUT2D eigenvalue weighted by atomic mass is 32.2. The minimum atomic E-state index is -3.75. The largest absolute Gasteiger partial charge is 0.362 e. The summed E-state index contributed by atoms with van der Waals surface area (Å²) in [5, 5.41) is 7.62. The molecule has 0 aliphatic heterocycles. The van der Waals surface area contributed by atoms with Gasteiger partial charge in [-0.25, -0.2) is 13.4 Å². The first-order valence-corrected chi connectivity index (χ1v) is 14.9. The summed E-state index contributed by atoms with van der Waals surface area (Å²) < 4.78 is 28.1. The van der Waals surface area contributed by atoms with Crippen LogP contribution in [0.25, 0.3) is 10.9 Å². The average Bonchev–Trinajstić information content (AvgIpc) is 2.93. The van der Waals surface area contributed by atoms with Crippen LogP contribution in [-0.4, -0.2) is 50.5 Å². The van der Waals surface area contributed by atoms with E-state index in [1.807, 2.05) is 50.2 Å². The molecular weight excluding hydrogens is 524 g/mol. The van der Waals surface area contributed by atoms with Crippen LogP contribution in [0.2, 0.25) is 0 Å². The number of carbonyl (C=O) groups excluding carboxylic acids is 1. The molecule has 0 radical (unpaired) electrons. The molecule has 1 saturated carbocycles. The van der Waals surface area contributed by atoms with E-state index in [9.17, 15) is 13.2 Å². The molecule has 5 rings (SSSR count). The Bertz CT molecular complexity index is 1610. The van der Waals surface area contributed by atoms with E-state index < -0.39 is 10.0 Å². The van der Waals surface area contributed by atoms with Crippen LogP contribution in [0.15, 0.2) is 77.7 Å². The molecule has 3 aromatic carbocycles. The van der Waals surface area contributed by atoms with E-state index >= 15 is 0 Å². The monoisotopic (exact) mass is 558 g/mol. The summed E-state index contributed by atoms with van der Waals surface area (Å²) in [6.45, 7) is 1.90. The zero-order valence-corrected chi connectivity index (χ0v) is 23.7. The molecule has 1 heterocycles. The van der Waals surface area contributed by atoms with Gasteiger partial charge in [-0.15, -0.1) is 0 Å². The van der Waals surface area contributed by atoms with Crippen molar-refractivity contribution in [3.05, 3.63) is 83.9 Å². The lowest BCUT2D eigenvalue weighted by molar-refractivity contribution is 0.0926. The summed E-state index contributed by atoms with van der Waals surface area (Å²) in [5.41, 5.74) is 2.62. The fourth-order valence-electron chi connectivity index (χ4n) is 4.95. The number of anilines is 3. The number of rotatable bonds is 8. The van der Waals surface area contributed by atoms with Gasteiger partial charge in [-0.1, -0.05) is 35.9 Å². The fourth-order valence-corrected chi connectivity index (χ4v) is 6.00. The van der Waals surface area contributed by atoms with Gasteiger partial charge >= 0.3 is 0 Å². The second-order valence-corrected chi connectivity index (χ2v) is 12.1. The molecule has 0 unspecified atom stereocenters. The Morgan fingerprint density at radius 1 is 0.875 bits per heavy atom. The van der Waals surface area contributed by atoms with Crippen molar-refractivity contribution in [2.75, 3.05) is 29.0 Å². The van der Waals surface area contributed by atoms with Crippen LogP contribution in [0.4, 0.5) is 17.5 Å². The third-order valence-corrected chi connectivity index (χ3v) is 8.51. The van der Waals surface area contributed by atoms with Gasteiger partial charge in [0, 0.05) is 42.8 Å². The summed E-state index contributed by atoms with van der Waals surface area (Å²) in [6, 6.07) is 21.4. The number of para-hydroxylation sites is 1. The second kappa shape index (κ2) is 11.5. The van der Waals surface area contributed by atoms with Crippen LogP contribution < -0.4 is 20.3 Å². The molecule has 1 amide bonds. The van der Waals surface area contributed by atoms with Gasteiger partial charge in [0.25, 0.3) is 15.9 Å². The van der Waals surface area contributed by atoms with E-state index in [2.05, 4.69) is 15.4 Å². The van der Waals surface area contributed by atoms with Gasteiger partial charge in [0.2, 0.25) is 5.95 Å². The molecule has 1 aromatic heterocycles. The van der Waals surface area contributed by atoms with Crippen LogP contribution in [0.5, 0.6) is 0 Å². The first-order chi connectivity index (χ1) is 19.2. The zero-order chi connectivity index (χ0) is 28.3. The minimum absolute atomic E-state index is 0.0355. The summed E-state index contributed by atoms with van der Waals surface area (Å²) in [6.07, 6.45) is 3.37. The minimum Gasteiger partial charge on any atom is -0.362 e. The smallest absolute Gasteiger partial charge is 0.261 e. The summed E-state index contributed by atoms with van der Waals surface area (Å²) in [5.74, 6) is 1.26. The fraction of sp³-hybridized carbons (Fsp3) is 0.300. The first kappa shape index (κ1) is 27.4. The number of carbonyl (C=O) groups is 1. The van der Waals surface area contributed by atoms with Gasteiger partial charge in [0.05, 0.1) is 10.4 Å². The predicted molar refractivity (Wildman–Crippen MR) is 159 cm³/mol. The van der Waals surface area contributed by atoms with Crippen LogP contribution in [0.1, 0.15) is 41.6 Å². The summed E-state index contributed by atoms with van der Waals surface area (Å²) in [7, 11) is 0.194. The highest BCUT2D eigenvalue weighted by Gasteiger charge is 2.24. The summed E-state index contributed by atoms with van der Waals surface area (Å²) >= 11 is 0. The normalized spacial score (nSPS) is 17.3. The maximum atomic E-state index is 13.0. The number of hydrogen-bond acceptors (Lipinski definition) is 7. The molecule has 9 nitrogen and oxygen atoms in total. The van der Waals surface area contributed by atoms with Crippen molar-refractivity contribution in [1.82, 2.24) is 15.3 Å². The molecule has 3 N–H and O–H groups in total. The number of amides is 1. The van der Waals surface area contributed by atoms with Crippen molar-refractivity contribution in [2.45, 2.75) is 49.6 Å². The molecule has 40 heavy (non-hydrogen) atoms.